The third-order valence-corrected chi connectivity index (χ3v) is 5.58. The predicted octanol–water partition coefficient (Wildman–Crippen LogP) is 5.67. The summed E-state index contributed by atoms with van der Waals surface area (Å²) in [6, 6.07) is 21.1. The second kappa shape index (κ2) is 8.31. The van der Waals surface area contributed by atoms with Crippen molar-refractivity contribution in [3.63, 3.8) is 0 Å². The smallest absolute Gasteiger partial charge is 0.336 e. The number of ether oxygens (including phenoxy) is 2. The first-order valence-electron chi connectivity index (χ1n) is 10.4. The predicted molar refractivity (Wildman–Crippen MR) is 124 cm³/mol. The van der Waals surface area contributed by atoms with Crippen molar-refractivity contribution in [1.82, 2.24) is 0 Å². The maximum Gasteiger partial charge on any atom is 0.336 e. The van der Waals surface area contributed by atoms with Crippen LogP contribution in [0.25, 0.3) is 21.9 Å². The summed E-state index contributed by atoms with van der Waals surface area (Å²) in [4.78, 5) is 24.8. The molecule has 0 saturated carbocycles. The van der Waals surface area contributed by atoms with Gasteiger partial charge in [-0.2, -0.15) is 0 Å². The topological polar surface area (TPSA) is 78.9 Å². The summed E-state index contributed by atoms with van der Waals surface area (Å²) < 4.78 is 22.4. The highest BCUT2D eigenvalue weighted by Crippen LogP contribution is 2.31. The minimum Gasteiger partial charge on any atom is -0.497 e. The van der Waals surface area contributed by atoms with E-state index in [0.717, 1.165) is 16.3 Å². The quantitative estimate of drug-likeness (QED) is 0.250. The number of carbonyl (C=O) groups is 1. The van der Waals surface area contributed by atoms with Gasteiger partial charge in [0.2, 0.25) is 5.78 Å². The zero-order valence-electron chi connectivity index (χ0n) is 18.1. The lowest BCUT2D eigenvalue weighted by Gasteiger charge is -2.09. The minimum atomic E-state index is -0.448. The molecule has 2 heterocycles. The van der Waals surface area contributed by atoms with Gasteiger partial charge in [0.05, 0.1) is 7.11 Å². The standard InChI is InChI=1S/C27H20O6/c1-16-21-14-20(9-11-23(21)33-27(16)26(29)17-6-4-3-5-7-17)31-15-18-12-25(28)32-24-10-8-19(30-2)13-22(18)24/h3-14H,15H2,1-2H3. The number of hydrogen-bond acceptors (Lipinski definition) is 6. The second-order valence-corrected chi connectivity index (χ2v) is 7.65. The minimum absolute atomic E-state index is 0.160. The number of ketones is 1. The molecule has 0 unspecified atom stereocenters. The van der Waals surface area contributed by atoms with Crippen molar-refractivity contribution < 1.29 is 23.1 Å². The number of fused-ring (bicyclic) bond motifs is 2. The Bertz CT molecular complexity index is 1540. The van der Waals surface area contributed by atoms with Gasteiger partial charge in [0.1, 0.15) is 29.3 Å². The molecule has 6 nitrogen and oxygen atoms in total. The Balaban J connectivity index is 1.45. The zero-order chi connectivity index (χ0) is 22.9. The summed E-state index contributed by atoms with van der Waals surface area (Å²) in [5, 5.41) is 1.54. The maximum absolute atomic E-state index is 12.9. The van der Waals surface area contributed by atoms with Crippen LogP contribution in [0.5, 0.6) is 11.5 Å². The van der Waals surface area contributed by atoms with Crippen LogP contribution in [0, 0.1) is 6.92 Å². The lowest BCUT2D eigenvalue weighted by Crippen LogP contribution is -2.04. The molecule has 0 aliphatic carbocycles. The fraction of sp³-hybridized carbons (Fsp3) is 0.111. The van der Waals surface area contributed by atoms with E-state index in [1.165, 1.54) is 6.07 Å². The van der Waals surface area contributed by atoms with Gasteiger partial charge in [-0.1, -0.05) is 30.3 Å². The molecular weight excluding hydrogens is 420 g/mol. The largest absolute Gasteiger partial charge is 0.497 e. The van der Waals surface area contributed by atoms with Crippen LogP contribution >= 0.6 is 0 Å². The molecule has 0 aliphatic rings. The summed E-state index contributed by atoms with van der Waals surface area (Å²) in [6.45, 7) is 2.02. The van der Waals surface area contributed by atoms with E-state index >= 15 is 0 Å². The first kappa shape index (κ1) is 20.6. The molecular formula is C27H20O6. The van der Waals surface area contributed by atoms with Gasteiger partial charge in [-0.05, 0) is 43.3 Å². The fourth-order valence-electron chi connectivity index (χ4n) is 3.84. The van der Waals surface area contributed by atoms with Crippen LogP contribution in [-0.4, -0.2) is 12.9 Å². The van der Waals surface area contributed by atoms with Gasteiger partial charge in [-0.25, -0.2) is 4.79 Å². The number of rotatable bonds is 6. The highest BCUT2D eigenvalue weighted by atomic mass is 16.5. The van der Waals surface area contributed by atoms with E-state index in [4.69, 9.17) is 18.3 Å². The lowest BCUT2D eigenvalue weighted by molar-refractivity contribution is 0.101. The Hall–Kier alpha value is -4.32. The molecule has 0 radical (unpaired) electrons. The summed E-state index contributed by atoms with van der Waals surface area (Å²) >= 11 is 0. The number of methoxy groups -OCH3 is 1. The molecule has 0 saturated heterocycles. The van der Waals surface area contributed by atoms with Gasteiger partial charge in [-0.3, -0.25) is 4.79 Å². The van der Waals surface area contributed by atoms with Crippen molar-refractivity contribution in [1.29, 1.82) is 0 Å². The van der Waals surface area contributed by atoms with Crippen LogP contribution < -0.4 is 15.1 Å². The summed E-state index contributed by atoms with van der Waals surface area (Å²) in [6.07, 6.45) is 0. The first-order valence-corrected chi connectivity index (χ1v) is 10.4. The van der Waals surface area contributed by atoms with Gasteiger partial charge >= 0.3 is 5.63 Å². The van der Waals surface area contributed by atoms with E-state index in [-0.39, 0.29) is 12.4 Å². The molecule has 0 aliphatic heterocycles. The monoisotopic (exact) mass is 440 g/mol. The fourth-order valence-corrected chi connectivity index (χ4v) is 3.84. The van der Waals surface area contributed by atoms with Gasteiger partial charge in [-0.15, -0.1) is 0 Å². The van der Waals surface area contributed by atoms with E-state index in [1.807, 2.05) is 37.3 Å². The third kappa shape index (κ3) is 3.87. The molecule has 0 fully saturated rings. The SMILES string of the molecule is COc1ccc2oc(=O)cc(COc3ccc4oc(C(=O)c5ccccc5)c(C)c4c3)c2c1. The summed E-state index contributed by atoms with van der Waals surface area (Å²) in [5.74, 6) is 1.40. The van der Waals surface area contributed by atoms with Crippen molar-refractivity contribution in [3.8, 4) is 11.5 Å². The van der Waals surface area contributed by atoms with Crippen LogP contribution in [0.15, 0.2) is 86.4 Å². The first-order chi connectivity index (χ1) is 16.0. The van der Waals surface area contributed by atoms with E-state index < -0.39 is 5.63 Å². The van der Waals surface area contributed by atoms with Crippen molar-refractivity contribution in [2.45, 2.75) is 13.5 Å². The zero-order valence-corrected chi connectivity index (χ0v) is 18.1. The van der Waals surface area contributed by atoms with Crippen molar-refractivity contribution in [2.24, 2.45) is 0 Å². The van der Waals surface area contributed by atoms with Crippen LogP contribution in [0.1, 0.15) is 27.2 Å². The van der Waals surface area contributed by atoms with Gasteiger partial charge < -0.3 is 18.3 Å². The van der Waals surface area contributed by atoms with E-state index in [1.54, 1.807) is 43.5 Å². The molecule has 5 aromatic rings. The van der Waals surface area contributed by atoms with Gasteiger partial charge in [0, 0.05) is 33.5 Å². The summed E-state index contributed by atoms with van der Waals surface area (Å²) in [5.41, 5.74) is 2.63. The van der Waals surface area contributed by atoms with Crippen LogP contribution in [0.2, 0.25) is 0 Å². The Labute approximate surface area is 189 Å². The summed E-state index contributed by atoms with van der Waals surface area (Å²) in [7, 11) is 1.58. The number of hydrogen-bond donors (Lipinski definition) is 0. The van der Waals surface area contributed by atoms with E-state index in [2.05, 4.69) is 0 Å². The van der Waals surface area contributed by atoms with Crippen LogP contribution in [0.3, 0.4) is 0 Å². The number of benzene rings is 3. The second-order valence-electron chi connectivity index (χ2n) is 7.65. The average molecular weight is 440 g/mol. The number of furan rings is 1. The highest BCUT2D eigenvalue weighted by molar-refractivity contribution is 6.10. The molecule has 0 amide bonds. The average Bonchev–Trinajstić information content (AvgIpc) is 3.18. The highest BCUT2D eigenvalue weighted by Gasteiger charge is 2.19. The Morgan fingerprint density at radius 2 is 1.55 bits per heavy atom. The molecule has 33 heavy (non-hydrogen) atoms. The molecule has 3 aromatic carbocycles. The molecule has 5 rings (SSSR count). The van der Waals surface area contributed by atoms with E-state index in [9.17, 15) is 9.59 Å². The lowest BCUT2D eigenvalue weighted by atomic mass is 10.0. The molecule has 164 valence electrons. The molecule has 2 aromatic heterocycles. The molecule has 0 N–H and O–H groups in total. The van der Waals surface area contributed by atoms with Crippen molar-refractivity contribution in [2.75, 3.05) is 7.11 Å². The molecule has 0 bridgehead atoms. The van der Waals surface area contributed by atoms with Crippen molar-refractivity contribution >= 4 is 27.7 Å². The Kier molecular flexibility index (Phi) is 5.18. The maximum atomic E-state index is 12.9. The van der Waals surface area contributed by atoms with Gasteiger partial charge in [0.15, 0.2) is 5.76 Å². The molecule has 0 atom stereocenters. The normalized spacial score (nSPS) is 11.1. The third-order valence-electron chi connectivity index (χ3n) is 5.58. The molecule has 6 heteroatoms. The van der Waals surface area contributed by atoms with Crippen molar-refractivity contribution in [3.05, 3.63) is 106 Å². The van der Waals surface area contributed by atoms with E-state index in [0.29, 0.717) is 39.6 Å². The van der Waals surface area contributed by atoms with Crippen LogP contribution in [0.4, 0.5) is 0 Å². The molecule has 0 spiro atoms. The Morgan fingerprint density at radius 3 is 2.30 bits per heavy atom. The number of aryl methyl sites for hydroxylation is 1. The van der Waals surface area contributed by atoms with Crippen LogP contribution in [-0.2, 0) is 6.61 Å². The Morgan fingerprint density at radius 1 is 0.848 bits per heavy atom. The van der Waals surface area contributed by atoms with Gasteiger partial charge in [0.25, 0.3) is 0 Å². The number of carbonyl (C=O) groups excluding carboxylic acids is 1.